The van der Waals surface area contributed by atoms with Crippen LogP contribution in [0, 0.1) is 5.92 Å². The minimum Gasteiger partial charge on any atom is -0.406 e. The number of nitrogens with zero attached hydrogens (tertiary/aromatic N) is 1. The number of likely N-dealkylation sites (tertiary alicyclic amines) is 1. The van der Waals surface area contributed by atoms with Crippen molar-refractivity contribution in [1.82, 2.24) is 10.2 Å². The summed E-state index contributed by atoms with van der Waals surface area (Å²) in [7, 11) is 1.85. The van der Waals surface area contributed by atoms with Crippen LogP contribution >= 0.6 is 0 Å². The Hall–Kier alpha value is -1.76. The molecular weight excluding hydrogens is 273 g/mol. The van der Waals surface area contributed by atoms with E-state index in [1.165, 1.54) is 12.1 Å². The lowest BCUT2D eigenvalue weighted by Crippen LogP contribution is -2.52. The van der Waals surface area contributed by atoms with Gasteiger partial charge in [0.05, 0.1) is 0 Å². The second-order valence-corrected chi connectivity index (χ2v) is 4.71. The number of carbonyl (C=O) groups is 1. The number of amides is 1. The molecule has 1 aliphatic rings. The summed E-state index contributed by atoms with van der Waals surface area (Å²) in [4.78, 5) is 13.7. The maximum absolute atomic E-state index is 12.0. The Morgan fingerprint density at radius 2 is 1.95 bits per heavy atom. The first-order valence-corrected chi connectivity index (χ1v) is 6.19. The average Bonchev–Trinajstić information content (AvgIpc) is 2.31. The molecule has 1 aliphatic heterocycles. The second kappa shape index (κ2) is 5.70. The first-order valence-electron chi connectivity index (χ1n) is 6.19. The molecule has 20 heavy (non-hydrogen) atoms. The van der Waals surface area contributed by atoms with Crippen LogP contribution in [0.25, 0.3) is 0 Å². The fraction of sp³-hybridized carbons (Fsp3) is 0.462. The van der Waals surface area contributed by atoms with Crippen LogP contribution in [0.4, 0.5) is 13.2 Å². The van der Waals surface area contributed by atoms with Crippen LogP contribution < -0.4 is 10.1 Å². The molecule has 1 aromatic carbocycles. The summed E-state index contributed by atoms with van der Waals surface area (Å²) < 4.78 is 39.8. The average molecular weight is 288 g/mol. The van der Waals surface area contributed by atoms with Crippen molar-refractivity contribution >= 4 is 5.91 Å². The predicted molar refractivity (Wildman–Crippen MR) is 66.4 cm³/mol. The Balaban J connectivity index is 1.92. The molecule has 2 rings (SSSR count). The highest BCUT2D eigenvalue weighted by Crippen LogP contribution is 2.24. The third-order valence-electron chi connectivity index (χ3n) is 3.07. The molecule has 0 radical (unpaired) electrons. The summed E-state index contributed by atoms with van der Waals surface area (Å²) >= 11 is 0. The molecule has 110 valence electrons. The van der Waals surface area contributed by atoms with Crippen LogP contribution in [0.2, 0.25) is 0 Å². The summed E-state index contributed by atoms with van der Waals surface area (Å²) in [5, 5.41) is 3.04. The lowest BCUT2D eigenvalue weighted by molar-refractivity contribution is -0.274. The second-order valence-electron chi connectivity index (χ2n) is 4.71. The zero-order valence-corrected chi connectivity index (χ0v) is 10.9. The molecule has 0 aromatic heterocycles. The van der Waals surface area contributed by atoms with Crippen LogP contribution in [0.5, 0.6) is 5.75 Å². The smallest absolute Gasteiger partial charge is 0.406 e. The molecule has 1 amide bonds. The highest BCUT2D eigenvalue weighted by atomic mass is 19.4. The molecule has 0 unspecified atom stereocenters. The van der Waals surface area contributed by atoms with Gasteiger partial charge in [0.15, 0.2) is 0 Å². The van der Waals surface area contributed by atoms with Gasteiger partial charge in [-0.05, 0) is 31.3 Å². The van der Waals surface area contributed by atoms with Gasteiger partial charge in [-0.3, -0.25) is 4.79 Å². The lowest BCUT2D eigenvalue weighted by Gasteiger charge is -2.39. The minimum atomic E-state index is -4.72. The maximum Gasteiger partial charge on any atom is 0.573 e. The standard InChI is InChI=1S/C13H15F3N2O2/c1-17-6-9-7-18(8-9)12(19)10-2-4-11(5-3-10)20-13(14,15)16/h2-5,9,17H,6-8H2,1H3. The maximum atomic E-state index is 12.0. The molecule has 1 N–H and O–H groups in total. The molecule has 1 saturated heterocycles. The molecule has 4 nitrogen and oxygen atoms in total. The predicted octanol–water partition coefficient (Wildman–Crippen LogP) is 1.88. The summed E-state index contributed by atoms with van der Waals surface area (Å²) in [5.74, 6) is -0.0570. The van der Waals surface area contributed by atoms with Gasteiger partial charge < -0.3 is 15.0 Å². The molecule has 7 heteroatoms. The fourth-order valence-electron chi connectivity index (χ4n) is 2.14. The van der Waals surface area contributed by atoms with Gasteiger partial charge in [0.1, 0.15) is 5.75 Å². The van der Waals surface area contributed by atoms with Gasteiger partial charge in [0.2, 0.25) is 0 Å². The van der Waals surface area contributed by atoms with E-state index < -0.39 is 6.36 Å². The minimum absolute atomic E-state index is 0.170. The van der Waals surface area contributed by atoms with Gasteiger partial charge in [-0.2, -0.15) is 0 Å². The summed E-state index contributed by atoms with van der Waals surface area (Å²) in [6, 6.07) is 4.97. The summed E-state index contributed by atoms with van der Waals surface area (Å²) in [6.07, 6.45) is -4.72. The van der Waals surface area contributed by atoms with E-state index in [1.54, 1.807) is 4.90 Å². The third-order valence-corrected chi connectivity index (χ3v) is 3.07. The Kier molecular flexibility index (Phi) is 4.17. The lowest BCUT2D eigenvalue weighted by atomic mass is 9.99. The van der Waals surface area contributed by atoms with Crippen molar-refractivity contribution in [3.8, 4) is 5.75 Å². The van der Waals surface area contributed by atoms with Gasteiger partial charge in [-0.25, -0.2) is 0 Å². The number of alkyl halides is 3. The van der Waals surface area contributed by atoms with Crippen molar-refractivity contribution < 1.29 is 22.7 Å². The molecule has 0 aliphatic carbocycles. The van der Waals surface area contributed by atoms with Gasteiger partial charge in [0, 0.05) is 31.1 Å². The van der Waals surface area contributed by atoms with Crippen LogP contribution in [0.1, 0.15) is 10.4 Å². The van der Waals surface area contributed by atoms with Gasteiger partial charge >= 0.3 is 6.36 Å². The van der Waals surface area contributed by atoms with E-state index in [1.807, 2.05) is 7.05 Å². The quantitative estimate of drug-likeness (QED) is 0.919. The van der Waals surface area contributed by atoms with E-state index >= 15 is 0 Å². The third kappa shape index (κ3) is 3.63. The van der Waals surface area contributed by atoms with E-state index in [9.17, 15) is 18.0 Å². The fourth-order valence-corrected chi connectivity index (χ4v) is 2.14. The number of carbonyl (C=O) groups excluding carboxylic acids is 1. The van der Waals surface area contributed by atoms with E-state index in [-0.39, 0.29) is 11.7 Å². The van der Waals surface area contributed by atoms with Crippen LogP contribution in [0.3, 0.4) is 0 Å². The summed E-state index contributed by atoms with van der Waals surface area (Å²) in [5.41, 5.74) is 0.363. The monoisotopic (exact) mass is 288 g/mol. The van der Waals surface area contributed by atoms with Crippen molar-refractivity contribution in [3.63, 3.8) is 0 Å². The zero-order valence-electron chi connectivity index (χ0n) is 10.9. The highest BCUT2D eigenvalue weighted by Gasteiger charge is 2.32. The number of ether oxygens (including phenoxy) is 1. The molecule has 1 fully saturated rings. The number of hydrogen-bond donors (Lipinski definition) is 1. The molecular formula is C13H15F3N2O2. The number of nitrogens with one attached hydrogen (secondary N) is 1. The van der Waals surface area contributed by atoms with Crippen molar-refractivity contribution in [2.24, 2.45) is 5.92 Å². The van der Waals surface area contributed by atoms with Crippen LogP contribution in [-0.4, -0.2) is 43.9 Å². The Bertz CT molecular complexity index is 467. The Morgan fingerprint density at radius 1 is 1.35 bits per heavy atom. The van der Waals surface area contributed by atoms with Crippen molar-refractivity contribution in [2.75, 3.05) is 26.7 Å². The number of hydrogen-bond acceptors (Lipinski definition) is 3. The van der Waals surface area contributed by atoms with E-state index in [0.29, 0.717) is 24.6 Å². The molecule has 1 heterocycles. The van der Waals surface area contributed by atoms with E-state index in [4.69, 9.17) is 0 Å². The molecule has 0 atom stereocenters. The summed E-state index contributed by atoms with van der Waals surface area (Å²) in [6.45, 7) is 2.18. The first kappa shape index (κ1) is 14.6. The largest absolute Gasteiger partial charge is 0.573 e. The molecule has 1 aromatic rings. The highest BCUT2D eigenvalue weighted by molar-refractivity contribution is 5.94. The van der Waals surface area contributed by atoms with E-state index in [0.717, 1.165) is 18.7 Å². The number of halogens is 3. The Labute approximate surface area is 114 Å². The first-order chi connectivity index (χ1) is 9.39. The van der Waals surface area contributed by atoms with Crippen molar-refractivity contribution in [3.05, 3.63) is 29.8 Å². The number of benzene rings is 1. The molecule has 0 spiro atoms. The number of rotatable bonds is 4. The normalized spacial score (nSPS) is 15.9. The SMILES string of the molecule is CNCC1CN(C(=O)c2ccc(OC(F)(F)F)cc2)C1. The molecule has 0 saturated carbocycles. The topological polar surface area (TPSA) is 41.6 Å². The van der Waals surface area contributed by atoms with Crippen LogP contribution in [-0.2, 0) is 0 Å². The van der Waals surface area contributed by atoms with E-state index in [2.05, 4.69) is 10.1 Å². The Morgan fingerprint density at radius 3 is 2.45 bits per heavy atom. The van der Waals surface area contributed by atoms with Gasteiger partial charge in [0.25, 0.3) is 5.91 Å². The van der Waals surface area contributed by atoms with Crippen LogP contribution in [0.15, 0.2) is 24.3 Å². The zero-order chi connectivity index (χ0) is 14.8. The van der Waals surface area contributed by atoms with Gasteiger partial charge in [-0.1, -0.05) is 0 Å². The van der Waals surface area contributed by atoms with Gasteiger partial charge in [-0.15, -0.1) is 13.2 Å². The van der Waals surface area contributed by atoms with Crippen molar-refractivity contribution in [2.45, 2.75) is 6.36 Å². The van der Waals surface area contributed by atoms with Crippen molar-refractivity contribution in [1.29, 1.82) is 0 Å². The molecule has 0 bridgehead atoms.